The van der Waals surface area contributed by atoms with Crippen LogP contribution in [0.1, 0.15) is 6.04 Å². The van der Waals surface area contributed by atoms with Gasteiger partial charge in [0.15, 0.2) is 0 Å². The monoisotopic (exact) mass is 187 g/mol. The quantitative estimate of drug-likeness (QED) is 0.452. The van der Waals surface area contributed by atoms with Gasteiger partial charge < -0.3 is 10.2 Å². The van der Waals surface area contributed by atoms with Gasteiger partial charge in [0.05, 0.1) is 19.3 Å². The molecular formula is C6H9N3O4. The summed E-state index contributed by atoms with van der Waals surface area (Å²) >= 11 is 0. The number of hydrogen-bond acceptors (Lipinski definition) is 5. The van der Waals surface area contributed by atoms with Crippen LogP contribution >= 0.6 is 0 Å². The minimum atomic E-state index is -0.880. The first-order valence-electron chi connectivity index (χ1n) is 3.58. The number of H-pyrrole nitrogens is 1. The first kappa shape index (κ1) is 9.62. The van der Waals surface area contributed by atoms with Crippen molar-refractivity contribution in [1.29, 1.82) is 0 Å². The van der Waals surface area contributed by atoms with Crippen LogP contribution in [0.15, 0.2) is 15.9 Å². The van der Waals surface area contributed by atoms with Crippen molar-refractivity contribution in [2.45, 2.75) is 6.04 Å². The number of aliphatic hydroxyl groups is 2. The smallest absolute Gasteiger partial charge is 0.330 e. The Morgan fingerprint density at radius 1 is 1.46 bits per heavy atom. The van der Waals surface area contributed by atoms with Crippen molar-refractivity contribution in [3.8, 4) is 0 Å². The molecule has 0 unspecified atom stereocenters. The maximum atomic E-state index is 11.1. The van der Waals surface area contributed by atoms with Gasteiger partial charge in [-0.05, 0) is 0 Å². The molecule has 1 aromatic rings. The fraction of sp³-hybridized carbons (Fsp3) is 0.500. The molecule has 7 heteroatoms. The molecule has 0 saturated carbocycles. The summed E-state index contributed by atoms with van der Waals surface area (Å²) < 4.78 is 0.888. The van der Waals surface area contributed by atoms with Gasteiger partial charge in [0.1, 0.15) is 6.33 Å². The van der Waals surface area contributed by atoms with Crippen LogP contribution < -0.4 is 11.1 Å². The van der Waals surface area contributed by atoms with Crippen molar-refractivity contribution < 1.29 is 10.2 Å². The lowest BCUT2D eigenvalue weighted by molar-refractivity contribution is 0.150. The number of aromatic nitrogens is 3. The van der Waals surface area contributed by atoms with E-state index in [1.54, 1.807) is 0 Å². The van der Waals surface area contributed by atoms with Gasteiger partial charge in [-0.25, -0.2) is 5.10 Å². The topological polar surface area (TPSA) is 108 Å². The zero-order valence-corrected chi connectivity index (χ0v) is 6.67. The molecule has 1 rings (SSSR count). The Morgan fingerprint density at radius 3 is 2.62 bits per heavy atom. The van der Waals surface area contributed by atoms with E-state index < -0.39 is 30.4 Å². The summed E-state index contributed by atoms with van der Waals surface area (Å²) in [5.74, 6) is 0. The summed E-state index contributed by atoms with van der Waals surface area (Å²) in [5.41, 5.74) is -1.72. The third-order valence-electron chi connectivity index (χ3n) is 1.59. The zero-order chi connectivity index (χ0) is 9.84. The highest BCUT2D eigenvalue weighted by Crippen LogP contribution is 1.96. The van der Waals surface area contributed by atoms with Crippen LogP contribution in [0.25, 0.3) is 0 Å². The molecule has 0 radical (unpaired) electrons. The Hall–Kier alpha value is -1.47. The normalized spacial score (nSPS) is 10.7. The van der Waals surface area contributed by atoms with Crippen molar-refractivity contribution in [1.82, 2.24) is 14.8 Å². The van der Waals surface area contributed by atoms with Gasteiger partial charge in [0.25, 0.3) is 0 Å². The summed E-state index contributed by atoms with van der Waals surface area (Å²) in [6.07, 6.45) is 1.06. The van der Waals surface area contributed by atoms with Gasteiger partial charge in [0, 0.05) is 0 Å². The summed E-state index contributed by atoms with van der Waals surface area (Å²) in [7, 11) is 0. The van der Waals surface area contributed by atoms with Crippen LogP contribution in [-0.2, 0) is 0 Å². The van der Waals surface area contributed by atoms with E-state index in [4.69, 9.17) is 10.2 Å². The fourth-order valence-electron chi connectivity index (χ4n) is 0.861. The Kier molecular flexibility index (Phi) is 2.93. The van der Waals surface area contributed by atoms with Crippen LogP contribution in [0, 0.1) is 0 Å². The van der Waals surface area contributed by atoms with Gasteiger partial charge in [-0.2, -0.15) is 5.10 Å². The second-order valence-corrected chi connectivity index (χ2v) is 2.42. The van der Waals surface area contributed by atoms with Crippen molar-refractivity contribution >= 4 is 0 Å². The third-order valence-corrected chi connectivity index (χ3v) is 1.59. The largest absolute Gasteiger partial charge is 0.394 e. The standard InChI is InChI=1S/C6H9N3O4/c10-1-4(2-11)9-3-7-8-5(12)6(9)13/h3-4,10-11H,1-2H2,(H,8,12). The minimum Gasteiger partial charge on any atom is -0.394 e. The number of nitrogens with zero attached hydrogens (tertiary/aromatic N) is 2. The van der Waals surface area contributed by atoms with Gasteiger partial charge in [-0.15, -0.1) is 0 Å². The van der Waals surface area contributed by atoms with Crippen molar-refractivity contribution in [3.05, 3.63) is 27.0 Å². The number of nitrogens with one attached hydrogen (secondary N) is 1. The fourth-order valence-corrected chi connectivity index (χ4v) is 0.861. The second kappa shape index (κ2) is 3.97. The van der Waals surface area contributed by atoms with E-state index in [1.165, 1.54) is 0 Å². The van der Waals surface area contributed by atoms with Gasteiger partial charge >= 0.3 is 11.1 Å². The van der Waals surface area contributed by atoms with Crippen LogP contribution in [0.2, 0.25) is 0 Å². The maximum absolute atomic E-state index is 11.1. The summed E-state index contributed by atoms with van der Waals surface area (Å²) in [6.45, 7) is -0.858. The highest BCUT2D eigenvalue weighted by Gasteiger charge is 2.11. The Morgan fingerprint density at radius 2 is 2.08 bits per heavy atom. The average molecular weight is 187 g/mol. The van der Waals surface area contributed by atoms with E-state index in [0.29, 0.717) is 0 Å². The lowest BCUT2D eigenvalue weighted by Crippen LogP contribution is -2.40. The molecule has 0 saturated heterocycles. The molecule has 0 bridgehead atoms. The van der Waals surface area contributed by atoms with Crippen LogP contribution in [-0.4, -0.2) is 38.2 Å². The molecule has 0 fully saturated rings. The molecule has 3 N–H and O–H groups in total. The van der Waals surface area contributed by atoms with E-state index in [1.807, 2.05) is 5.10 Å². The molecule has 72 valence electrons. The number of aliphatic hydroxyl groups excluding tert-OH is 2. The van der Waals surface area contributed by atoms with Crippen LogP contribution in [0.3, 0.4) is 0 Å². The first-order valence-corrected chi connectivity index (χ1v) is 3.58. The Bertz CT molecular complexity index is 378. The third kappa shape index (κ3) is 1.82. The van der Waals surface area contributed by atoms with E-state index >= 15 is 0 Å². The Labute approximate surface area is 72.3 Å². The van der Waals surface area contributed by atoms with E-state index in [2.05, 4.69) is 5.10 Å². The van der Waals surface area contributed by atoms with Gasteiger partial charge in [-0.1, -0.05) is 0 Å². The lowest BCUT2D eigenvalue weighted by atomic mass is 10.3. The van der Waals surface area contributed by atoms with E-state index in [-0.39, 0.29) is 0 Å². The summed E-state index contributed by atoms with van der Waals surface area (Å²) in [5, 5.41) is 22.8. The summed E-state index contributed by atoms with van der Waals surface area (Å²) in [6, 6.07) is -0.817. The molecule has 0 aromatic carbocycles. The van der Waals surface area contributed by atoms with E-state index in [9.17, 15) is 9.59 Å². The highest BCUT2D eigenvalue weighted by atomic mass is 16.3. The van der Waals surface area contributed by atoms with Crippen molar-refractivity contribution in [2.75, 3.05) is 13.2 Å². The van der Waals surface area contributed by atoms with Crippen LogP contribution in [0.4, 0.5) is 0 Å². The minimum absolute atomic E-state index is 0.429. The van der Waals surface area contributed by atoms with Gasteiger partial charge in [-0.3, -0.25) is 14.2 Å². The molecule has 1 aromatic heterocycles. The van der Waals surface area contributed by atoms with Crippen molar-refractivity contribution in [3.63, 3.8) is 0 Å². The highest BCUT2D eigenvalue weighted by molar-refractivity contribution is 4.79. The molecule has 0 aliphatic rings. The molecule has 7 nitrogen and oxygen atoms in total. The molecule has 0 spiro atoms. The number of hydrogen-bond donors (Lipinski definition) is 3. The first-order chi connectivity index (χ1) is 6.20. The summed E-state index contributed by atoms with van der Waals surface area (Å²) in [4.78, 5) is 21.8. The number of aromatic amines is 1. The maximum Gasteiger partial charge on any atom is 0.330 e. The lowest BCUT2D eigenvalue weighted by Gasteiger charge is -2.12. The predicted octanol–water partition coefficient (Wildman–Crippen LogP) is -2.54. The van der Waals surface area contributed by atoms with Crippen molar-refractivity contribution in [2.24, 2.45) is 0 Å². The molecule has 1 heterocycles. The Balaban J connectivity index is 3.21. The molecule has 0 aliphatic carbocycles. The SMILES string of the molecule is O=c1[nH]ncn(C(CO)CO)c1=O. The predicted molar refractivity (Wildman–Crippen MR) is 42.3 cm³/mol. The van der Waals surface area contributed by atoms with Crippen LogP contribution in [0.5, 0.6) is 0 Å². The molecule has 13 heavy (non-hydrogen) atoms. The zero-order valence-electron chi connectivity index (χ0n) is 6.67. The van der Waals surface area contributed by atoms with Gasteiger partial charge in [0.2, 0.25) is 0 Å². The second-order valence-electron chi connectivity index (χ2n) is 2.42. The molecule has 0 aliphatic heterocycles. The molecular weight excluding hydrogens is 178 g/mol. The van der Waals surface area contributed by atoms with E-state index in [0.717, 1.165) is 10.9 Å². The molecule has 0 amide bonds. The average Bonchev–Trinajstić information content (AvgIpc) is 2.14. The molecule has 0 atom stereocenters. The number of rotatable bonds is 3.